The topological polar surface area (TPSA) is 125 Å². The van der Waals surface area contributed by atoms with Gasteiger partial charge in [-0.15, -0.1) is 0 Å². The van der Waals surface area contributed by atoms with Gasteiger partial charge >= 0.3 is 5.69 Å². The molecule has 0 unspecified atom stereocenters. The van der Waals surface area contributed by atoms with Gasteiger partial charge in [-0.25, -0.2) is 13.2 Å². The molecule has 1 spiro atoms. The summed E-state index contributed by atoms with van der Waals surface area (Å²) in [7, 11) is -4.23. The first-order valence-electron chi connectivity index (χ1n) is 8.03. The first-order valence-corrected chi connectivity index (χ1v) is 9.52. The number of hydrogen-bond donors (Lipinski definition) is 1. The SMILES string of the molecule is O=C1CC2(OCCO2)C(S(=O)(=O)c2ccccc2)=C1n1ccc(=O)[nH]c1=O. The molecule has 1 saturated heterocycles. The van der Waals surface area contributed by atoms with Crippen molar-refractivity contribution < 1.29 is 22.7 Å². The fraction of sp³-hybridized carbons (Fsp3) is 0.235. The second-order valence-electron chi connectivity index (χ2n) is 6.02. The molecule has 2 aliphatic rings. The van der Waals surface area contributed by atoms with Gasteiger partial charge < -0.3 is 9.47 Å². The second-order valence-corrected chi connectivity index (χ2v) is 7.91. The zero-order chi connectivity index (χ0) is 19.2. The van der Waals surface area contributed by atoms with Crippen molar-refractivity contribution in [3.8, 4) is 0 Å². The minimum atomic E-state index is -4.23. The normalized spacial score (nSPS) is 19.2. The van der Waals surface area contributed by atoms with Crippen molar-refractivity contribution in [1.82, 2.24) is 9.55 Å². The molecule has 27 heavy (non-hydrogen) atoms. The number of aromatic amines is 1. The van der Waals surface area contributed by atoms with E-state index in [1.165, 1.54) is 12.1 Å². The molecule has 1 N–H and O–H groups in total. The van der Waals surface area contributed by atoms with Crippen LogP contribution in [0.1, 0.15) is 6.42 Å². The van der Waals surface area contributed by atoms with Crippen molar-refractivity contribution in [2.24, 2.45) is 0 Å². The van der Waals surface area contributed by atoms with E-state index < -0.39 is 37.6 Å². The third-order valence-corrected chi connectivity index (χ3v) is 6.29. The van der Waals surface area contributed by atoms with E-state index in [-0.39, 0.29) is 30.2 Å². The average molecular weight is 390 g/mol. The maximum absolute atomic E-state index is 13.3. The van der Waals surface area contributed by atoms with Crippen LogP contribution >= 0.6 is 0 Å². The number of nitrogens with one attached hydrogen (secondary N) is 1. The number of hydrogen-bond acceptors (Lipinski definition) is 7. The van der Waals surface area contributed by atoms with Gasteiger partial charge in [0.15, 0.2) is 5.78 Å². The number of nitrogens with zero attached hydrogens (tertiary/aromatic N) is 1. The van der Waals surface area contributed by atoms with Crippen molar-refractivity contribution in [2.45, 2.75) is 17.1 Å². The van der Waals surface area contributed by atoms with Crippen molar-refractivity contribution in [2.75, 3.05) is 13.2 Å². The predicted octanol–water partition coefficient (Wildman–Crippen LogP) is -0.105. The van der Waals surface area contributed by atoms with Crippen LogP contribution in [0.2, 0.25) is 0 Å². The molecule has 9 nitrogen and oxygen atoms in total. The summed E-state index contributed by atoms with van der Waals surface area (Å²) in [5, 5.41) is 0. The molecule has 0 saturated carbocycles. The predicted molar refractivity (Wildman–Crippen MR) is 92.4 cm³/mol. The molecule has 1 fully saturated rings. The fourth-order valence-electron chi connectivity index (χ4n) is 3.26. The molecule has 140 valence electrons. The smallest absolute Gasteiger partial charge is 0.333 e. The van der Waals surface area contributed by atoms with Crippen molar-refractivity contribution in [1.29, 1.82) is 0 Å². The Labute approximate surface area is 152 Å². The maximum atomic E-state index is 13.3. The van der Waals surface area contributed by atoms with Gasteiger partial charge in [0.05, 0.1) is 24.5 Å². The summed E-state index contributed by atoms with van der Waals surface area (Å²) >= 11 is 0. The molecular formula is C17H14N2O7S. The Balaban J connectivity index is 2.06. The Morgan fingerprint density at radius 2 is 1.67 bits per heavy atom. The van der Waals surface area contributed by atoms with Crippen molar-refractivity contribution in [3.05, 3.63) is 68.3 Å². The lowest BCUT2D eigenvalue weighted by molar-refractivity contribution is -0.136. The summed E-state index contributed by atoms with van der Waals surface area (Å²) in [5.41, 5.74) is -1.98. The minimum absolute atomic E-state index is 0.0665. The Hall–Kier alpha value is -2.82. The van der Waals surface area contributed by atoms with Gasteiger partial charge in [-0.1, -0.05) is 18.2 Å². The number of carbonyl (C=O) groups excluding carboxylic acids is 1. The van der Waals surface area contributed by atoms with Crippen LogP contribution < -0.4 is 11.2 Å². The molecule has 0 bridgehead atoms. The standard InChI is InChI=1S/C17H14N2O7S/c20-12-10-17(25-8-9-26-17)15(27(23,24)11-4-2-1-3-5-11)14(12)19-7-6-13(21)18-16(19)22/h1-7H,8-10H2,(H,18,21,22). The summed E-state index contributed by atoms with van der Waals surface area (Å²) in [6, 6.07) is 8.51. The van der Waals surface area contributed by atoms with E-state index in [1.807, 2.05) is 4.98 Å². The van der Waals surface area contributed by atoms with E-state index in [0.717, 1.165) is 16.8 Å². The van der Waals surface area contributed by atoms with Crippen LogP contribution in [0.25, 0.3) is 5.70 Å². The minimum Gasteiger partial charge on any atom is -0.342 e. The molecule has 2 heterocycles. The van der Waals surface area contributed by atoms with Gasteiger partial charge in [0.25, 0.3) is 5.56 Å². The Kier molecular flexibility index (Phi) is 3.98. The Morgan fingerprint density at radius 3 is 2.30 bits per heavy atom. The molecule has 1 aliphatic carbocycles. The highest BCUT2D eigenvalue weighted by Gasteiger charge is 2.56. The number of ketones is 1. The summed E-state index contributed by atoms with van der Waals surface area (Å²) in [6.45, 7) is 0.212. The van der Waals surface area contributed by atoms with Crippen LogP contribution in [0.5, 0.6) is 0 Å². The highest BCUT2D eigenvalue weighted by molar-refractivity contribution is 7.95. The first-order chi connectivity index (χ1) is 12.8. The monoisotopic (exact) mass is 390 g/mol. The summed E-state index contributed by atoms with van der Waals surface area (Å²) in [4.78, 5) is 37.8. The Bertz CT molecular complexity index is 1170. The second kappa shape index (κ2) is 6.12. The van der Waals surface area contributed by atoms with Crippen LogP contribution in [0.4, 0.5) is 0 Å². The quantitative estimate of drug-likeness (QED) is 0.776. The fourth-order valence-corrected chi connectivity index (χ4v) is 5.07. The number of sulfone groups is 1. The zero-order valence-electron chi connectivity index (χ0n) is 13.9. The highest BCUT2D eigenvalue weighted by Crippen LogP contribution is 2.46. The molecule has 2 aromatic rings. The van der Waals surface area contributed by atoms with Crippen molar-refractivity contribution in [3.63, 3.8) is 0 Å². The molecule has 0 amide bonds. The number of H-pyrrole nitrogens is 1. The lowest BCUT2D eigenvalue weighted by Crippen LogP contribution is -2.35. The van der Waals surface area contributed by atoms with Crippen LogP contribution in [0.15, 0.2) is 62.0 Å². The van der Waals surface area contributed by atoms with E-state index in [2.05, 4.69) is 0 Å². The third kappa shape index (κ3) is 2.69. The van der Waals surface area contributed by atoms with Crippen LogP contribution in [-0.4, -0.2) is 42.8 Å². The van der Waals surface area contributed by atoms with Gasteiger partial charge in [0, 0.05) is 12.3 Å². The molecular weight excluding hydrogens is 376 g/mol. The number of aromatic nitrogens is 2. The van der Waals surface area contributed by atoms with Gasteiger partial charge in [-0.2, -0.15) is 0 Å². The van der Waals surface area contributed by atoms with Crippen molar-refractivity contribution >= 4 is 21.3 Å². The zero-order valence-corrected chi connectivity index (χ0v) is 14.7. The van der Waals surface area contributed by atoms with E-state index >= 15 is 0 Å². The lowest BCUT2D eigenvalue weighted by atomic mass is 10.2. The summed E-state index contributed by atoms with van der Waals surface area (Å²) < 4.78 is 38.6. The van der Waals surface area contributed by atoms with Gasteiger partial charge in [-0.05, 0) is 12.1 Å². The number of ether oxygens (including phenoxy) is 2. The summed E-state index contributed by atoms with van der Waals surface area (Å²) in [6.07, 6.45) is 0.679. The molecule has 10 heteroatoms. The number of carbonyl (C=O) groups is 1. The Morgan fingerprint density at radius 1 is 1.00 bits per heavy atom. The first kappa shape index (κ1) is 17.6. The van der Waals surface area contributed by atoms with E-state index in [1.54, 1.807) is 18.2 Å². The highest BCUT2D eigenvalue weighted by atomic mass is 32.2. The molecule has 0 radical (unpaired) electrons. The van der Waals surface area contributed by atoms with E-state index in [9.17, 15) is 22.8 Å². The van der Waals surface area contributed by atoms with Crippen LogP contribution in [-0.2, 0) is 24.1 Å². The third-order valence-electron chi connectivity index (χ3n) is 4.36. The van der Waals surface area contributed by atoms with Gasteiger partial charge in [0.2, 0.25) is 15.6 Å². The summed E-state index contributed by atoms with van der Waals surface area (Å²) in [5.74, 6) is -2.42. The van der Waals surface area contributed by atoms with Crippen LogP contribution in [0.3, 0.4) is 0 Å². The number of allylic oxidation sites excluding steroid dienone is 1. The molecule has 1 aromatic heterocycles. The average Bonchev–Trinajstić information content (AvgIpc) is 3.20. The van der Waals surface area contributed by atoms with E-state index in [0.29, 0.717) is 0 Å². The molecule has 4 rings (SSSR count). The lowest BCUT2D eigenvalue weighted by Gasteiger charge is -2.24. The number of rotatable bonds is 3. The van der Waals surface area contributed by atoms with Crippen LogP contribution in [0, 0.1) is 0 Å². The van der Waals surface area contributed by atoms with E-state index in [4.69, 9.17) is 9.47 Å². The van der Waals surface area contributed by atoms with Gasteiger partial charge in [-0.3, -0.25) is 19.1 Å². The largest absolute Gasteiger partial charge is 0.342 e. The number of Topliss-reactive ketones (excluding diaryl/α,β-unsaturated/α-hetero) is 1. The molecule has 1 aromatic carbocycles. The number of benzene rings is 1. The van der Waals surface area contributed by atoms with Gasteiger partial charge in [0.1, 0.15) is 10.6 Å². The molecule has 1 aliphatic heterocycles. The maximum Gasteiger partial charge on any atom is 0.333 e. The molecule has 0 atom stereocenters.